The summed E-state index contributed by atoms with van der Waals surface area (Å²) in [6.07, 6.45) is -3.64. The molecule has 0 aliphatic heterocycles. The van der Waals surface area contributed by atoms with Gasteiger partial charge in [0, 0.05) is 6.42 Å². The molecule has 0 radical (unpaired) electrons. The monoisotopic (exact) mass is 199 g/mol. The number of rotatable bonds is 2. The lowest BCUT2D eigenvalue weighted by molar-refractivity contribution is 0.0343. The molecule has 0 amide bonds. The van der Waals surface area contributed by atoms with E-state index < -0.39 is 29.8 Å². The summed E-state index contributed by atoms with van der Waals surface area (Å²) < 4.78 is 49.6. The molecule has 1 fully saturated rings. The zero-order valence-corrected chi connectivity index (χ0v) is 7.06. The van der Waals surface area contributed by atoms with Gasteiger partial charge in [0.25, 0.3) is 0 Å². The fourth-order valence-corrected chi connectivity index (χ4v) is 1.67. The predicted octanol–water partition coefficient (Wildman–Crippen LogP) is 1.03. The molecule has 1 saturated carbocycles. The first kappa shape index (κ1) is 10.0. The largest absolute Gasteiger partial charge is 0.750 e. The average Bonchev–Trinajstić information content (AvgIpc) is 1.94. The number of halogens is 2. The van der Waals surface area contributed by atoms with Gasteiger partial charge in [-0.2, -0.15) is 0 Å². The minimum Gasteiger partial charge on any atom is -0.750 e. The highest BCUT2D eigenvalue weighted by molar-refractivity contribution is 7.74. The van der Waals surface area contributed by atoms with Crippen molar-refractivity contribution in [1.82, 2.24) is 0 Å². The van der Waals surface area contributed by atoms with Crippen LogP contribution in [0.4, 0.5) is 8.78 Å². The van der Waals surface area contributed by atoms with Gasteiger partial charge in [0.15, 0.2) is 0 Å². The van der Waals surface area contributed by atoms with Gasteiger partial charge in [0.05, 0.1) is 11.4 Å². The Balaban J connectivity index is 2.39. The molecule has 1 aliphatic rings. The molecule has 6 heteroatoms. The van der Waals surface area contributed by atoms with E-state index in [-0.39, 0.29) is 19.3 Å². The second kappa shape index (κ2) is 4.25. The Kier molecular flexibility index (Phi) is 3.54. The first-order chi connectivity index (χ1) is 5.59. The van der Waals surface area contributed by atoms with E-state index in [0.29, 0.717) is 0 Å². The minimum absolute atomic E-state index is 0.121. The Labute approximate surface area is 71.6 Å². The second-order valence-electron chi connectivity index (χ2n) is 2.77. The van der Waals surface area contributed by atoms with Crippen LogP contribution in [0.2, 0.25) is 0 Å². The Morgan fingerprint density at radius 3 is 2.58 bits per heavy atom. The van der Waals surface area contributed by atoms with Crippen LogP contribution in [0.15, 0.2) is 0 Å². The molecule has 72 valence electrons. The molecule has 12 heavy (non-hydrogen) atoms. The summed E-state index contributed by atoms with van der Waals surface area (Å²) in [5.74, 6) is 0. The van der Waals surface area contributed by atoms with Crippen molar-refractivity contribution in [3.05, 3.63) is 0 Å². The lowest BCUT2D eigenvalue weighted by atomic mass is 9.95. The molecule has 3 nitrogen and oxygen atoms in total. The number of hydrogen-bond donors (Lipinski definition) is 0. The molecule has 1 rings (SSSR count). The minimum atomic E-state index is -2.71. The lowest BCUT2D eigenvalue weighted by Crippen LogP contribution is -2.34. The van der Waals surface area contributed by atoms with Crippen LogP contribution in [0.25, 0.3) is 0 Å². The quantitative estimate of drug-likeness (QED) is 0.624. The van der Waals surface area contributed by atoms with Crippen molar-refractivity contribution in [2.45, 2.75) is 37.7 Å². The van der Waals surface area contributed by atoms with E-state index in [1.54, 1.807) is 0 Å². The molecule has 0 bridgehead atoms. The van der Waals surface area contributed by atoms with Crippen molar-refractivity contribution in [3.63, 3.8) is 0 Å². The molecule has 1 aliphatic carbocycles. The van der Waals surface area contributed by atoms with E-state index >= 15 is 0 Å². The number of alkyl halides is 2. The van der Waals surface area contributed by atoms with E-state index in [9.17, 15) is 17.5 Å². The highest BCUT2D eigenvalue weighted by Crippen LogP contribution is 2.26. The lowest BCUT2D eigenvalue weighted by Gasteiger charge is -2.27. The second-order valence-corrected chi connectivity index (χ2v) is 3.37. The fraction of sp³-hybridized carbons (Fsp3) is 1.00. The summed E-state index contributed by atoms with van der Waals surface area (Å²) >= 11 is -2.71. The van der Waals surface area contributed by atoms with Crippen molar-refractivity contribution in [2.24, 2.45) is 0 Å². The van der Waals surface area contributed by atoms with Crippen LogP contribution in [0, 0.1) is 0 Å². The zero-order chi connectivity index (χ0) is 9.14. The van der Waals surface area contributed by atoms with Crippen molar-refractivity contribution >= 4 is 11.4 Å². The molecule has 0 aromatic carbocycles. The van der Waals surface area contributed by atoms with Crippen LogP contribution in [-0.4, -0.2) is 27.2 Å². The van der Waals surface area contributed by atoms with Gasteiger partial charge in [0.1, 0.15) is 18.4 Å². The third-order valence-electron chi connectivity index (χ3n) is 1.85. The van der Waals surface area contributed by atoms with Gasteiger partial charge in [-0.15, -0.1) is 0 Å². The van der Waals surface area contributed by atoms with Crippen LogP contribution < -0.4 is 0 Å². The summed E-state index contributed by atoms with van der Waals surface area (Å²) in [5.41, 5.74) is 0. The normalized spacial score (nSPS) is 39.4. The SMILES string of the molecule is O=S([O-])OC1CCC(F)CC1F. The molecule has 0 heterocycles. The van der Waals surface area contributed by atoms with Gasteiger partial charge >= 0.3 is 0 Å². The van der Waals surface area contributed by atoms with E-state index in [1.807, 2.05) is 0 Å². The predicted molar refractivity (Wildman–Crippen MR) is 37.4 cm³/mol. The van der Waals surface area contributed by atoms with E-state index in [2.05, 4.69) is 4.18 Å². The summed E-state index contributed by atoms with van der Waals surface area (Å²) in [6.45, 7) is 0. The van der Waals surface area contributed by atoms with Gasteiger partial charge in [-0.3, -0.25) is 4.18 Å². The van der Waals surface area contributed by atoms with Crippen LogP contribution >= 0.6 is 0 Å². The van der Waals surface area contributed by atoms with Crippen LogP contribution in [0.1, 0.15) is 19.3 Å². The summed E-state index contributed by atoms with van der Waals surface area (Å²) in [7, 11) is 0. The van der Waals surface area contributed by atoms with Gasteiger partial charge in [-0.05, 0) is 12.8 Å². The third-order valence-corrected chi connectivity index (χ3v) is 2.26. The van der Waals surface area contributed by atoms with Crippen molar-refractivity contribution in [3.8, 4) is 0 Å². The molecule has 0 N–H and O–H groups in total. The molecule has 0 spiro atoms. The molecule has 0 aromatic rings. The Hall–Kier alpha value is -0.0700. The van der Waals surface area contributed by atoms with Crippen LogP contribution in [0.3, 0.4) is 0 Å². The zero-order valence-electron chi connectivity index (χ0n) is 6.24. The standard InChI is InChI=1S/C6H10F2O3S/c7-4-1-2-6(5(8)3-4)11-12(9)10/h4-6H,1-3H2,(H,9,10)/p-1. The molecule has 0 saturated heterocycles. The van der Waals surface area contributed by atoms with Gasteiger partial charge < -0.3 is 4.55 Å². The highest BCUT2D eigenvalue weighted by Gasteiger charge is 2.31. The maximum Gasteiger partial charge on any atom is 0.130 e. The van der Waals surface area contributed by atoms with Crippen molar-refractivity contribution in [2.75, 3.05) is 0 Å². The van der Waals surface area contributed by atoms with E-state index in [1.165, 1.54) is 0 Å². The van der Waals surface area contributed by atoms with Crippen LogP contribution in [-0.2, 0) is 15.5 Å². The van der Waals surface area contributed by atoms with Gasteiger partial charge in [-0.25, -0.2) is 13.0 Å². The van der Waals surface area contributed by atoms with E-state index in [0.717, 1.165) is 0 Å². The Bertz CT molecular complexity index is 178. The van der Waals surface area contributed by atoms with Gasteiger partial charge in [-0.1, -0.05) is 0 Å². The first-order valence-corrected chi connectivity index (χ1v) is 4.64. The molecule has 0 aromatic heterocycles. The van der Waals surface area contributed by atoms with E-state index in [4.69, 9.17) is 0 Å². The van der Waals surface area contributed by atoms with Crippen molar-refractivity contribution < 1.29 is 21.7 Å². The average molecular weight is 199 g/mol. The maximum absolute atomic E-state index is 12.8. The summed E-state index contributed by atoms with van der Waals surface area (Å²) in [4.78, 5) is 0. The van der Waals surface area contributed by atoms with Crippen LogP contribution in [0.5, 0.6) is 0 Å². The molecule has 4 atom stereocenters. The molecule has 4 unspecified atom stereocenters. The summed E-state index contributed by atoms with van der Waals surface area (Å²) in [6, 6.07) is 0. The molecular formula is C6H9F2O3S-. The Morgan fingerprint density at radius 2 is 2.08 bits per heavy atom. The number of hydrogen-bond acceptors (Lipinski definition) is 3. The smallest absolute Gasteiger partial charge is 0.130 e. The van der Waals surface area contributed by atoms with Crippen molar-refractivity contribution in [1.29, 1.82) is 0 Å². The van der Waals surface area contributed by atoms with Gasteiger partial charge in [0.2, 0.25) is 0 Å². The molecular weight excluding hydrogens is 190 g/mol. The first-order valence-electron chi connectivity index (χ1n) is 3.64. The fourth-order valence-electron chi connectivity index (χ4n) is 1.25. The summed E-state index contributed by atoms with van der Waals surface area (Å²) in [5, 5.41) is 0. The maximum atomic E-state index is 12.8. The third kappa shape index (κ3) is 2.76. The highest BCUT2D eigenvalue weighted by atomic mass is 32.2. The Morgan fingerprint density at radius 1 is 1.42 bits per heavy atom. The topological polar surface area (TPSA) is 49.4 Å².